The molecule has 1 aromatic carbocycles. The SMILES string of the molecule is O=C(NCCC(O)c1ccsc1)Nc1ccc2c(c1)OCO2. The molecule has 1 aliphatic rings. The lowest BCUT2D eigenvalue weighted by Gasteiger charge is -2.11. The third kappa shape index (κ3) is 3.49. The number of hydrogen-bond donors (Lipinski definition) is 3. The van der Waals surface area contributed by atoms with Gasteiger partial charge in [-0.15, -0.1) is 0 Å². The van der Waals surface area contributed by atoms with Gasteiger partial charge in [0.05, 0.1) is 6.10 Å². The Hall–Kier alpha value is -2.25. The van der Waals surface area contributed by atoms with E-state index < -0.39 is 6.10 Å². The van der Waals surface area contributed by atoms with Crippen LogP contribution in [-0.2, 0) is 0 Å². The molecular weight excluding hydrogens is 304 g/mol. The second kappa shape index (κ2) is 6.67. The van der Waals surface area contributed by atoms with E-state index in [2.05, 4.69) is 10.6 Å². The number of carbonyl (C=O) groups excluding carboxylic acids is 1. The molecule has 7 heteroatoms. The van der Waals surface area contributed by atoms with Crippen LogP contribution in [0.25, 0.3) is 0 Å². The average Bonchev–Trinajstić information content (AvgIpc) is 3.18. The summed E-state index contributed by atoms with van der Waals surface area (Å²) >= 11 is 1.54. The quantitative estimate of drug-likeness (QED) is 0.791. The maximum atomic E-state index is 11.8. The summed E-state index contributed by atoms with van der Waals surface area (Å²) in [5.74, 6) is 1.29. The molecule has 0 saturated carbocycles. The van der Waals surface area contributed by atoms with Crippen molar-refractivity contribution in [1.29, 1.82) is 0 Å². The summed E-state index contributed by atoms with van der Waals surface area (Å²) in [5.41, 5.74) is 1.50. The minimum Gasteiger partial charge on any atom is -0.454 e. The molecule has 1 atom stereocenters. The fourth-order valence-electron chi connectivity index (χ4n) is 2.10. The Kier molecular flexibility index (Phi) is 4.45. The summed E-state index contributed by atoms with van der Waals surface area (Å²) in [5, 5.41) is 19.2. The predicted molar refractivity (Wildman–Crippen MR) is 83.5 cm³/mol. The van der Waals surface area contributed by atoms with Gasteiger partial charge in [-0.3, -0.25) is 0 Å². The molecule has 2 amide bonds. The molecule has 116 valence electrons. The van der Waals surface area contributed by atoms with Crippen molar-refractivity contribution < 1.29 is 19.4 Å². The van der Waals surface area contributed by atoms with Crippen molar-refractivity contribution in [2.24, 2.45) is 0 Å². The number of benzene rings is 1. The highest BCUT2D eigenvalue weighted by Crippen LogP contribution is 2.34. The van der Waals surface area contributed by atoms with Crippen molar-refractivity contribution in [3.05, 3.63) is 40.6 Å². The number of rotatable bonds is 5. The molecule has 0 aliphatic carbocycles. The van der Waals surface area contributed by atoms with Crippen LogP contribution in [0.4, 0.5) is 10.5 Å². The van der Waals surface area contributed by atoms with Crippen molar-refractivity contribution in [1.82, 2.24) is 5.32 Å². The van der Waals surface area contributed by atoms with Crippen molar-refractivity contribution in [3.8, 4) is 11.5 Å². The van der Waals surface area contributed by atoms with Gasteiger partial charge in [-0.05, 0) is 40.9 Å². The average molecular weight is 320 g/mol. The smallest absolute Gasteiger partial charge is 0.319 e. The molecule has 0 radical (unpaired) electrons. The highest BCUT2D eigenvalue weighted by atomic mass is 32.1. The molecule has 3 rings (SSSR count). The van der Waals surface area contributed by atoms with Crippen LogP contribution in [0.3, 0.4) is 0 Å². The standard InChI is InChI=1S/C15H16N2O4S/c18-12(10-4-6-22-8-10)3-5-16-15(19)17-11-1-2-13-14(7-11)21-9-20-13/h1-2,4,6-8,12,18H,3,5,9H2,(H2,16,17,19). The highest BCUT2D eigenvalue weighted by molar-refractivity contribution is 7.07. The molecule has 6 nitrogen and oxygen atoms in total. The molecule has 0 fully saturated rings. The summed E-state index contributed by atoms with van der Waals surface area (Å²) in [4.78, 5) is 11.8. The minimum atomic E-state index is -0.558. The van der Waals surface area contributed by atoms with Crippen LogP contribution in [0.15, 0.2) is 35.0 Å². The van der Waals surface area contributed by atoms with E-state index in [-0.39, 0.29) is 12.8 Å². The Bertz CT molecular complexity index is 645. The van der Waals surface area contributed by atoms with E-state index >= 15 is 0 Å². The number of fused-ring (bicyclic) bond motifs is 1. The number of hydrogen-bond acceptors (Lipinski definition) is 5. The van der Waals surface area contributed by atoms with Crippen LogP contribution in [0, 0.1) is 0 Å². The maximum absolute atomic E-state index is 11.8. The molecule has 2 heterocycles. The summed E-state index contributed by atoms with van der Waals surface area (Å²) in [6, 6.07) is 6.76. The van der Waals surface area contributed by atoms with Crippen molar-refractivity contribution >= 4 is 23.1 Å². The number of aliphatic hydroxyl groups is 1. The first-order valence-electron chi connectivity index (χ1n) is 6.87. The van der Waals surface area contributed by atoms with E-state index in [0.717, 1.165) is 5.56 Å². The molecule has 1 aromatic heterocycles. The third-order valence-corrected chi connectivity index (χ3v) is 3.96. The Morgan fingerprint density at radius 2 is 2.18 bits per heavy atom. The van der Waals surface area contributed by atoms with E-state index in [1.54, 1.807) is 18.2 Å². The minimum absolute atomic E-state index is 0.200. The van der Waals surface area contributed by atoms with Crippen LogP contribution >= 0.6 is 11.3 Å². The topological polar surface area (TPSA) is 79.8 Å². The monoisotopic (exact) mass is 320 g/mol. The van der Waals surface area contributed by atoms with Gasteiger partial charge in [0, 0.05) is 18.3 Å². The first kappa shape index (κ1) is 14.7. The molecule has 1 unspecified atom stereocenters. The summed E-state index contributed by atoms with van der Waals surface area (Å²) in [6.07, 6.45) is -0.0947. The molecule has 0 bridgehead atoms. The van der Waals surface area contributed by atoms with Gasteiger partial charge in [-0.2, -0.15) is 11.3 Å². The third-order valence-electron chi connectivity index (χ3n) is 3.26. The van der Waals surface area contributed by atoms with Gasteiger partial charge in [0.25, 0.3) is 0 Å². The largest absolute Gasteiger partial charge is 0.454 e. The molecular formula is C15H16N2O4S. The van der Waals surface area contributed by atoms with Crippen LogP contribution in [0.1, 0.15) is 18.1 Å². The van der Waals surface area contributed by atoms with E-state index in [9.17, 15) is 9.90 Å². The second-order valence-electron chi connectivity index (χ2n) is 4.81. The molecule has 0 spiro atoms. The van der Waals surface area contributed by atoms with Crippen molar-refractivity contribution in [3.63, 3.8) is 0 Å². The van der Waals surface area contributed by atoms with E-state index in [4.69, 9.17) is 9.47 Å². The maximum Gasteiger partial charge on any atom is 0.319 e. The number of ether oxygens (including phenoxy) is 2. The van der Waals surface area contributed by atoms with Gasteiger partial charge >= 0.3 is 6.03 Å². The highest BCUT2D eigenvalue weighted by Gasteiger charge is 2.14. The van der Waals surface area contributed by atoms with Crippen LogP contribution < -0.4 is 20.1 Å². The van der Waals surface area contributed by atoms with Crippen LogP contribution in [-0.4, -0.2) is 24.5 Å². The lowest BCUT2D eigenvalue weighted by molar-refractivity contribution is 0.168. The number of anilines is 1. The van der Waals surface area contributed by atoms with Crippen LogP contribution in [0.2, 0.25) is 0 Å². The van der Waals surface area contributed by atoms with Gasteiger partial charge in [-0.1, -0.05) is 0 Å². The summed E-state index contributed by atoms with van der Waals surface area (Å²) < 4.78 is 10.5. The molecule has 22 heavy (non-hydrogen) atoms. The molecule has 2 aromatic rings. The number of nitrogens with one attached hydrogen (secondary N) is 2. The number of carbonyl (C=O) groups is 1. The normalized spacial score (nSPS) is 13.7. The van der Waals surface area contributed by atoms with Crippen molar-refractivity contribution in [2.45, 2.75) is 12.5 Å². The Labute approximate surface area is 131 Å². The first-order valence-corrected chi connectivity index (χ1v) is 7.81. The van der Waals surface area contributed by atoms with Gasteiger partial charge in [0.15, 0.2) is 11.5 Å². The number of amides is 2. The molecule has 0 saturated heterocycles. The molecule has 3 N–H and O–H groups in total. The lowest BCUT2D eigenvalue weighted by Crippen LogP contribution is -2.30. The first-order chi connectivity index (χ1) is 10.7. The van der Waals surface area contributed by atoms with E-state index in [0.29, 0.717) is 30.2 Å². The summed E-state index contributed by atoms with van der Waals surface area (Å²) in [7, 11) is 0. The zero-order chi connectivity index (χ0) is 15.4. The van der Waals surface area contributed by atoms with Gasteiger partial charge in [-0.25, -0.2) is 4.79 Å². The number of thiophene rings is 1. The van der Waals surface area contributed by atoms with Gasteiger partial charge in [0.2, 0.25) is 6.79 Å². The fraction of sp³-hybridized carbons (Fsp3) is 0.267. The second-order valence-corrected chi connectivity index (χ2v) is 5.59. The zero-order valence-electron chi connectivity index (χ0n) is 11.7. The van der Waals surface area contributed by atoms with Gasteiger partial charge < -0.3 is 25.2 Å². The number of urea groups is 1. The fourth-order valence-corrected chi connectivity index (χ4v) is 2.81. The van der Waals surface area contributed by atoms with Crippen molar-refractivity contribution in [2.75, 3.05) is 18.7 Å². The Morgan fingerprint density at radius 3 is 3.00 bits per heavy atom. The summed E-state index contributed by atoms with van der Waals surface area (Å²) in [6.45, 7) is 0.582. The van der Waals surface area contributed by atoms with E-state index in [1.807, 2.05) is 16.8 Å². The van der Waals surface area contributed by atoms with Crippen LogP contribution in [0.5, 0.6) is 11.5 Å². The predicted octanol–water partition coefficient (Wildman–Crippen LogP) is 2.72. The lowest BCUT2D eigenvalue weighted by atomic mass is 10.1. The Balaban J connectivity index is 1.44. The number of aliphatic hydroxyl groups excluding tert-OH is 1. The Morgan fingerprint density at radius 1 is 1.32 bits per heavy atom. The van der Waals surface area contributed by atoms with Gasteiger partial charge in [0.1, 0.15) is 0 Å². The zero-order valence-corrected chi connectivity index (χ0v) is 12.6. The van der Waals surface area contributed by atoms with E-state index in [1.165, 1.54) is 11.3 Å². The molecule has 1 aliphatic heterocycles.